The van der Waals surface area contributed by atoms with E-state index in [0.717, 1.165) is 35.8 Å². The monoisotopic (exact) mass is 361 g/mol. The van der Waals surface area contributed by atoms with Crippen molar-refractivity contribution in [2.24, 2.45) is 4.99 Å². The van der Waals surface area contributed by atoms with Crippen LogP contribution in [0.3, 0.4) is 0 Å². The Labute approximate surface area is 152 Å². The minimum Gasteiger partial charge on any atom is -0.496 e. The molecule has 2 aliphatic heterocycles. The maximum atomic E-state index is 12.4. The molecule has 1 aromatic rings. The maximum absolute atomic E-state index is 12.4. The number of aliphatic imine (C=N–C) groups is 1. The van der Waals surface area contributed by atoms with Crippen LogP contribution in [0.15, 0.2) is 22.0 Å². The molecule has 2 saturated heterocycles. The van der Waals surface area contributed by atoms with Crippen LogP contribution in [-0.4, -0.2) is 57.4 Å². The van der Waals surface area contributed by atoms with Gasteiger partial charge in [0.2, 0.25) is 0 Å². The number of methoxy groups -OCH3 is 2. The summed E-state index contributed by atoms with van der Waals surface area (Å²) in [5.74, 6) is 1.46. The molecule has 0 unspecified atom stereocenters. The first-order valence-corrected chi connectivity index (χ1v) is 9.06. The molecule has 25 heavy (non-hydrogen) atoms. The third kappa shape index (κ3) is 3.33. The summed E-state index contributed by atoms with van der Waals surface area (Å²) in [6.07, 6.45) is 4.22. The molecule has 0 aliphatic carbocycles. The van der Waals surface area contributed by atoms with E-state index in [1.807, 2.05) is 18.2 Å². The highest BCUT2D eigenvalue weighted by molar-refractivity contribution is 8.18. The molecule has 0 bridgehead atoms. The van der Waals surface area contributed by atoms with Crippen molar-refractivity contribution in [3.8, 4) is 11.5 Å². The zero-order chi connectivity index (χ0) is 18.0. The number of hydrogen-bond acceptors (Lipinski definition) is 6. The number of hydrogen-bond donors (Lipinski definition) is 0. The Kier molecular flexibility index (Phi) is 5.22. The molecule has 7 heteroatoms. The molecule has 0 aromatic heterocycles. The number of amides is 1. The summed E-state index contributed by atoms with van der Waals surface area (Å²) < 4.78 is 11.2. The lowest BCUT2D eigenvalue weighted by atomic mass is 10.1. The predicted octanol–water partition coefficient (Wildman–Crippen LogP) is 2.84. The van der Waals surface area contributed by atoms with E-state index >= 15 is 0 Å². The number of carbonyl (C=O) groups excluding carboxylic acids is 1. The highest BCUT2D eigenvalue weighted by atomic mass is 32.2. The summed E-state index contributed by atoms with van der Waals surface area (Å²) in [5, 5.41) is 0.691. The van der Waals surface area contributed by atoms with Crippen LogP contribution in [0.1, 0.15) is 18.4 Å². The number of amidine groups is 1. The third-order valence-electron chi connectivity index (χ3n) is 4.46. The molecule has 134 valence electrons. The van der Waals surface area contributed by atoms with Crippen molar-refractivity contribution in [2.45, 2.75) is 12.8 Å². The van der Waals surface area contributed by atoms with Gasteiger partial charge in [-0.3, -0.25) is 14.7 Å². The molecule has 0 saturated carbocycles. The highest BCUT2D eigenvalue weighted by Crippen LogP contribution is 2.40. The van der Waals surface area contributed by atoms with Crippen LogP contribution < -0.4 is 14.4 Å². The third-order valence-corrected chi connectivity index (χ3v) is 5.61. The summed E-state index contributed by atoms with van der Waals surface area (Å²) in [7, 11) is 6.73. The van der Waals surface area contributed by atoms with Gasteiger partial charge in [0.15, 0.2) is 5.17 Å². The molecule has 2 aliphatic rings. The van der Waals surface area contributed by atoms with E-state index in [4.69, 9.17) is 9.47 Å². The van der Waals surface area contributed by atoms with Crippen LogP contribution in [0.5, 0.6) is 11.5 Å². The van der Waals surface area contributed by atoms with Crippen molar-refractivity contribution in [3.05, 3.63) is 22.6 Å². The van der Waals surface area contributed by atoms with Gasteiger partial charge in [-0.15, -0.1) is 0 Å². The minimum absolute atomic E-state index is 0.0600. The number of benzene rings is 1. The average molecular weight is 361 g/mol. The molecule has 0 N–H and O–H groups in total. The largest absolute Gasteiger partial charge is 0.496 e. The summed E-state index contributed by atoms with van der Waals surface area (Å²) in [6.45, 7) is 2.05. The van der Waals surface area contributed by atoms with Crippen LogP contribution in [-0.2, 0) is 4.79 Å². The number of thioether (sulfide) groups is 1. The van der Waals surface area contributed by atoms with Gasteiger partial charge in [-0.2, -0.15) is 0 Å². The van der Waals surface area contributed by atoms with Crippen molar-refractivity contribution in [2.75, 3.05) is 46.3 Å². The van der Waals surface area contributed by atoms with Crippen LogP contribution in [0.4, 0.5) is 5.69 Å². The molecular formula is C18H23N3O3S. The number of carbonyl (C=O) groups is 1. The van der Waals surface area contributed by atoms with Gasteiger partial charge in [0.1, 0.15) is 11.5 Å². The van der Waals surface area contributed by atoms with Crippen LogP contribution >= 0.6 is 11.8 Å². The lowest BCUT2D eigenvalue weighted by Gasteiger charge is -2.22. The Morgan fingerprint density at radius 2 is 1.84 bits per heavy atom. The van der Waals surface area contributed by atoms with Gasteiger partial charge < -0.3 is 14.4 Å². The van der Waals surface area contributed by atoms with Gasteiger partial charge in [-0.1, -0.05) is 0 Å². The Morgan fingerprint density at radius 3 is 2.40 bits per heavy atom. The maximum Gasteiger partial charge on any atom is 0.266 e. The number of ether oxygens (including phenoxy) is 2. The van der Waals surface area contributed by atoms with Gasteiger partial charge in [0, 0.05) is 38.8 Å². The van der Waals surface area contributed by atoms with Crippen LogP contribution in [0.2, 0.25) is 0 Å². The first-order chi connectivity index (χ1) is 12.1. The normalized spacial score (nSPS) is 20.9. The molecule has 1 amide bonds. The quantitative estimate of drug-likeness (QED) is 0.772. The van der Waals surface area contributed by atoms with E-state index in [2.05, 4.69) is 9.89 Å². The Balaban J connectivity index is 2.01. The molecule has 0 radical (unpaired) electrons. The van der Waals surface area contributed by atoms with Crippen molar-refractivity contribution >= 4 is 34.6 Å². The summed E-state index contributed by atoms with van der Waals surface area (Å²) >= 11 is 1.36. The Hall–Kier alpha value is -2.15. The van der Waals surface area contributed by atoms with Gasteiger partial charge in [-0.25, -0.2) is 0 Å². The number of nitrogens with zero attached hydrogens (tertiary/aromatic N) is 3. The first-order valence-electron chi connectivity index (χ1n) is 8.24. The smallest absolute Gasteiger partial charge is 0.266 e. The zero-order valence-electron chi connectivity index (χ0n) is 15.0. The number of anilines is 1. The molecule has 3 rings (SSSR count). The lowest BCUT2D eigenvalue weighted by Crippen LogP contribution is -2.23. The Morgan fingerprint density at radius 1 is 1.16 bits per heavy atom. The van der Waals surface area contributed by atoms with Crippen molar-refractivity contribution in [3.63, 3.8) is 0 Å². The van der Waals surface area contributed by atoms with Crippen LogP contribution in [0.25, 0.3) is 6.08 Å². The Bertz CT molecular complexity index is 739. The highest BCUT2D eigenvalue weighted by Gasteiger charge is 2.30. The van der Waals surface area contributed by atoms with Crippen molar-refractivity contribution in [1.82, 2.24) is 4.90 Å². The molecule has 1 aromatic carbocycles. The summed E-state index contributed by atoms with van der Waals surface area (Å²) in [4.78, 5) is 21.0. The molecule has 0 atom stereocenters. The molecular weight excluding hydrogens is 338 g/mol. The number of likely N-dealkylation sites (N-methyl/N-ethyl adjacent to an activating group) is 1. The predicted molar refractivity (Wildman–Crippen MR) is 103 cm³/mol. The molecule has 6 nitrogen and oxygen atoms in total. The standard InChI is InChI=1S/C18H23N3O3S/c1-19-18-20(2)17(22)16(25-18)10-12-9-15(24-4)13(11-14(12)23-3)21-7-5-6-8-21/h9-11H,5-8H2,1-4H3/b16-10+,19-18?. The van der Waals surface area contributed by atoms with Crippen molar-refractivity contribution in [1.29, 1.82) is 0 Å². The fourth-order valence-corrected chi connectivity index (χ4v) is 4.03. The van der Waals surface area contributed by atoms with E-state index in [-0.39, 0.29) is 5.91 Å². The fourth-order valence-electron chi connectivity index (χ4n) is 3.11. The SMILES string of the molecule is CN=C1S/C(=C/c2cc(OC)c(N3CCCC3)cc2OC)C(=O)N1C. The number of rotatable bonds is 4. The first kappa shape index (κ1) is 17.7. The van der Waals surface area contributed by atoms with Gasteiger partial charge >= 0.3 is 0 Å². The van der Waals surface area contributed by atoms with Gasteiger partial charge in [0.25, 0.3) is 5.91 Å². The fraction of sp³-hybridized carbons (Fsp3) is 0.444. The van der Waals surface area contributed by atoms with E-state index < -0.39 is 0 Å². The van der Waals surface area contributed by atoms with Gasteiger partial charge in [0.05, 0.1) is 24.8 Å². The minimum atomic E-state index is -0.0600. The average Bonchev–Trinajstić information content (AvgIpc) is 3.25. The van der Waals surface area contributed by atoms with Crippen LogP contribution in [0, 0.1) is 0 Å². The van der Waals surface area contributed by atoms with E-state index in [1.54, 1.807) is 33.2 Å². The zero-order valence-corrected chi connectivity index (χ0v) is 15.9. The second kappa shape index (κ2) is 7.39. The summed E-state index contributed by atoms with van der Waals surface area (Å²) in [6, 6.07) is 3.94. The van der Waals surface area contributed by atoms with Crippen molar-refractivity contribution < 1.29 is 14.3 Å². The molecule has 2 heterocycles. The van der Waals surface area contributed by atoms with E-state index in [1.165, 1.54) is 24.6 Å². The van der Waals surface area contributed by atoms with E-state index in [9.17, 15) is 4.79 Å². The molecule has 2 fully saturated rings. The molecule has 0 spiro atoms. The van der Waals surface area contributed by atoms with Gasteiger partial charge in [-0.05, 0) is 36.7 Å². The second-order valence-corrected chi connectivity index (χ2v) is 6.95. The lowest BCUT2D eigenvalue weighted by molar-refractivity contribution is -0.121. The summed E-state index contributed by atoms with van der Waals surface area (Å²) in [5.41, 5.74) is 1.86. The van der Waals surface area contributed by atoms with E-state index in [0.29, 0.717) is 10.1 Å². The second-order valence-electron chi connectivity index (χ2n) is 5.94. The topological polar surface area (TPSA) is 54.4 Å².